The zero-order chi connectivity index (χ0) is 16.2. The molecule has 0 heterocycles. The molecule has 2 aromatic rings. The summed E-state index contributed by atoms with van der Waals surface area (Å²) in [7, 11) is 0. The van der Waals surface area contributed by atoms with Gasteiger partial charge < -0.3 is 0 Å². The molecular formula is C21H24F2. The molecule has 0 atom stereocenters. The van der Waals surface area contributed by atoms with Gasteiger partial charge >= 0.3 is 0 Å². The highest BCUT2D eigenvalue weighted by Crippen LogP contribution is 2.37. The molecule has 23 heavy (non-hydrogen) atoms. The van der Waals surface area contributed by atoms with Gasteiger partial charge in [-0.05, 0) is 72.4 Å². The maximum atomic E-state index is 14.4. The minimum atomic E-state index is -0.257. The Bertz CT molecular complexity index is 637. The second-order valence-electron chi connectivity index (χ2n) is 6.78. The molecule has 0 aliphatic heterocycles. The maximum absolute atomic E-state index is 14.4. The first-order chi connectivity index (χ1) is 11.2. The van der Waals surface area contributed by atoms with E-state index in [9.17, 15) is 8.78 Å². The van der Waals surface area contributed by atoms with Crippen molar-refractivity contribution in [2.24, 2.45) is 5.92 Å². The predicted octanol–water partition coefficient (Wildman–Crippen LogP) is 6.24. The van der Waals surface area contributed by atoms with E-state index in [-0.39, 0.29) is 11.6 Å². The van der Waals surface area contributed by atoms with Crippen LogP contribution in [0.5, 0.6) is 0 Å². The van der Waals surface area contributed by atoms with Crippen molar-refractivity contribution in [1.82, 2.24) is 0 Å². The van der Waals surface area contributed by atoms with Crippen molar-refractivity contribution in [1.29, 1.82) is 0 Å². The third-order valence-electron chi connectivity index (χ3n) is 5.28. The van der Waals surface area contributed by atoms with E-state index >= 15 is 0 Å². The molecule has 1 saturated carbocycles. The normalized spacial score (nSPS) is 21.3. The highest BCUT2D eigenvalue weighted by Gasteiger charge is 2.21. The fraction of sp³-hybridized carbons (Fsp3) is 0.429. The van der Waals surface area contributed by atoms with E-state index in [1.54, 1.807) is 18.2 Å². The van der Waals surface area contributed by atoms with E-state index in [0.717, 1.165) is 17.0 Å². The second-order valence-corrected chi connectivity index (χ2v) is 6.78. The molecule has 0 nitrogen and oxygen atoms in total. The number of hydrogen-bond acceptors (Lipinski definition) is 0. The van der Waals surface area contributed by atoms with E-state index in [1.165, 1.54) is 44.2 Å². The van der Waals surface area contributed by atoms with E-state index in [1.807, 2.05) is 6.07 Å². The Morgan fingerprint density at radius 2 is 1.61 bits per heavy atom. The third-order valence-corrected chi connectivity index (χ3v) is 5.28. The molecule has 0 unspecified atom stereocenters. The Morgan fingerprint density at radius 3 is 2.22 bits per heavy atom. The Kier molecular flexibility index (Phi) is 5.09. The fourth-order valence-electron chi connectivity index (χ4n) is 3.69. The van der Waals surface area contributed by atoms with Gasteiger partial charge in [0.05, 0.1) is 0 Å². The summed E-state index contributed by atoms with van der Waals surface area (Å²) in [6.07, 6.45) is 6.65. The van der Waals surface area contributed by atoms with E-state index in [0.29, 0.717) is 17.9 Å². The largest absolute Gasteiger partial charge is 0.207 e. The second kappa shape index (κ2) is 7.25. The average Bonchev–Trinajstić information content (AvgIpc) is 2.59. The van der Waals surface area contributed by atoms with Crippen LogP contribution in [0, 0.1) is 17.6 Å². The van der Waals surface area contributed by atoms with Crippen molar-refractivity contribution in [3.8, 4) is 0 Å². The van der Waals surface area contributed by atoms with Crippen LogP contribution in [-0.2, 0) is 6.42 Å². The first kappa shape index (κ1) is 16.2. The van der Waals surface area contributed by atoms with Gasteiger partial charge in [-0.2, -0.15) is 0 Å². The average molecular weight is 314 g/mol. The lowest BCUT2D eigenvalue weighted by atomic mass is 9.77. The van der Waals surface area contributed by atoms with E-state index in [2.05, 4.69) is 13.0 Å². The molecule has 0 N–H and O–H groups in total. The van der Waals surface area contributed by atoms with Gasteiger partial charge in [0.25, 0.3) is 0 Å². The van der Waals surface area contributed by atoms with Crippen LogP contribution in [0.2, 0.25) is 0 Å². The van der Waals surface area contributed by atoms with Crippen molar-refractivity contribution in [3.63, 3.8) is 0 Å². The molecule has 2 aromatic carbocycles. The molecule has 2 heteroatoms. The van der Waals surface area contributed by atoms with Crippen LogP contribution in [0.25, 0.3) is 0 Å². The molecule has 0 amide bonds. The highest BCUT2D eigenvalue weighted by atomic mass is 19.1. The summed E-state index contributed by atoms with van der Waals surface area (Å²) >= 11 is 0. The summed E-state index contributed by atoms with van der Waals surface area (Å²) < 4.78 is 27.4. The van der Waals surface area contributed by atoms with Gasteiger partial charge in [0.1, 0.15) is 11.6 Å². The first-order valence-electron chi connectivity index (χ1n) is 8.68. The van der Waals surface area contributed by atoms with Crippen molar-refractivity contribution < 1.29 is 8.78 Å². The van der Waals surface area contributed by atoms with E-state index < -0.39 is 0 Å². The Labute approximate surface area is 137 Å². The number of hydrogen-bond donors (Lipinski definition) is 0. The zero-order valence-corrected chi connectivity index (χ0v) is 13.7. The first-order valence-corrected chi connectivity index (χ1v) is 8.68. The lowest BCUT2D eigenvalue weighted by Gasteiger charge is -2.28. The predicted molar refractivity (Wildman–Crippen MR) is 90.6 cm³/mol. The summed E-state index contributed by atoms with van der Waals surface area (Å²) in [4.78, 5) is 0. The Hall–Kier alpha value is -1.70. The molecule has 1 aliphatic carbocycles. The number of benzene rings is 2. The van der Waals surface area contributed by atoms with Gasteiger partial charge in [-0.3, -0.25) is 0 Å². The summed E-state index contributed by atoms with van der Waals surface area (Å²) in [5.41, 5.74) is 2.75. The standard InChI is InChI=1S/C21H24F2/c1-2-15-3-7-17(8-4-15)18-9-10-19(21(23)14-18)13-16-5-11-20(22)12-6-16/h5-6,9-12,14-15,17H,2-4,7-8,13H2,1H3. The van der Waals surface area contributed by atoms with Gasteiger partial charge in [0.2, 0.25) is 0 Å². The minimum absolute atomic E-state index is 0.135. The van der Waals surface area contributed by atoms with Crippen LogP contribution >= 0.6 is 0 Å². The van der Waals surface area contributed by atoms with Gasteiger partial charge in [-0.25, -0.2) is 8.78 Å². The summed E-state index contributed by atoms with van der Waals surface area (Å²) in [5, 5.41) is 0. The third kappa shape index (κ3) is 3.99. The molecule has 3 rings (SSSR count). The maximum Gasteiger partial charge on any atom is 0.127 e. The van der Waals surface area contributed by atoms with Gasteiger partial charge in [0, 0.05) is 6.42 Å². The summed E-state index contributed by atoms with van der Waals surface area (Å²) in [6.45, 7) is 2.26. The van der Waals surface area contributed by atoms with Crippen LogP contribution in [0.3, 0.4) is 0 Å². The number of rotatable bonds is 4. The molecule has 0 saturated heterocycles. The van der Waals surface area contributed by atoms with Crippen molar-refractivity contribution in [2.75, 3.05) is 0 Å². The van der Waals surface area contributed by atoms with Crippen molar-refractivity contribution >= 4 is 0 Å². The quantitative estimate of drug-likeness (QED) is 0.626. The SMILES string of the molecule is CCC1CCC(c2ccc(Cc3ccc(F)cc3)c(F)c2)CC1. The molecule has 0 bridgehead atoms. The molecule has 0 radical (unpaired) electrons. The van der Waals surface area contributed by atoms with Crippen LogP contribution < -0.4 is 0 Å². The Morgan fingerprint density at radius 1 is 0.913 bits per heavy atom. The minimum Gasteiger partial charge on any atom is -0.207 e. The van der Waals surface area contributed by atoms with Crippen molar-refractivity contribution in [3.05, 3.63) is 70.8 Å². The van der Waals surface area contributed by atoms with E-state index in [4.69, 9.17) is 0 Å². The van der Waals surface area contributed by atoms with Gasteiger partial charge in [-0.1, -0.05) is 37.6 Å². The molecule has 1 aliphatic rings. The molecule has 122 valence electrons. The summed E-state index contributed by atoms with van der Waals surface area (Å²) in [5.74, 6) is 0.970. The van der Waals surface area contributed by atoms with Crippen molar-refractivity contribution in [2.45, 2.75) is 51.4 Å². The van der Waals surface area contributed by atoms with Gasteiger partial charge in [0.15, 0.2) is 0 Å². The van der Waals surface area contributed by atoms with Crippen LogP contribution in [0.1, 0.15) is 61.6 Å². The lowest BCUT2D eigenvalue weighted by Crippen LogP contribution is -2.13. The monoisotopic (exact) mass is 314 g/mol. The Balaban J connectivity index is 1.69. The molecule has 1 fully saturated rings. The smallest absolute Gasteiger partial charge is 0.127 e. The number of halogens is 2. The molecule has 0 spiro atoms. The lowest BCUT2D eigenvalue weighted by molar-refractivity contribution is 0.318. The molecule has 0 aromatic heterocycles. The zero-order valence-electron chi connectivity index (χ0n) is 13.7. The van der Waals surface area contributed by atoms with Crippen LogP contribution in [0.15, 0.2) is 42.5 Å². The summed E-state index contributed by atoms with van der Waals surface area (Å²) in [6, 6.07) is 12.0. The molecular weight excluding hydrogens is 290 g/mol. The topological polar surface area (TPSA) is 0 Å². The van der Waals surface area contributed by atoms with Gasteiger partial charge in [-0.15, -0.1) is 0 Å². The fourth-order valence-corrected chi connectivity index (χ4v) is 3.69. The highest BCUT2D eigenvalue weighted by molar-refractivity contribution is 5.32. The van der Waals surface area contributed by atoms with Crippen LogP contribution in [-0.4, -0.2) is 0 Å². The van der Waals surface area contributed by atoms with Crippen LogP contribution in [0.4, 0.5) is 8.78 Å².